The number of hydrogen-bond donors (Lipinski definition) is 1. The van der Waals surface area contributed by atoms with Crippen molar-refractivity contribution >= 4 is 33.8 Å². The molecule has 1 aromatic rings. The van der Waals surface area contributed by atoms with Crippen LogP contribution in [-0.2, 0) is 14.8 Å². The Labute approximate surface area is 140 Å². The predicted octanol–water partition coefficient (Wildman–Crippen LogP) is 1.33. The van der Waals surface area contributed by atoms with Crippen LogP contribution in [0.1, 0.15) is 5.56 Å². The molecule has 0 spiro atoms. The highest BCUT2D eigenvalue weighted by atomic mass is 32.2. The Bertz CT molecular complexity index is 671. The van der Waals surface area contributed by atoms with E-state index in [2.05, 4.69) is 5.32 Å². The van der Waals surface area contributed by atoms with E-state index >= 15 is 0 Å². The van der Waals surface area contributed by atoms with Crippen molar-refractivity contribution in [1.82, 2.24) is 9.62 Å². The normalized spacial score (nSPS) is 16.6. The highest BCUT2D eigenvalue weighted by Crippen LogP contribution is 2.13. The summed E-state index contributed by atoms with van der Waals surface area (Å²) in [6, 6.07) is 5.85. The molecule has 1 saturated heterocycles. The number of rotatable bonds is 6. The Morgan fingerprint density at radius 2 is 2.09 bits per heavy atom. The van der Waals surface area contributed by atoms with Crippen LogP contribution in [0.15, 0.2) is 30.3 Å². The van der Waals surface area contributed by atoms with Crippen molar-refractivity contribution in [2.75, 3.05) is 36.9 Å². The van der Waals surface area contributed by atoms with Crippen LogP contribution in [0.25, 0.3) is 6.08 Å². The second-order valence-electron chi connectivity index (χ2n) is 5.01. The molecular weight excluding hydrogens is 339 g/mol. The molecule has 0 aromatic heterocycles. The lowest BCUT2D eigenvalue weighted by Gasteiger charge is -2.25. The lowest BCUT2D eigenvalue weighted by atomic mass is 10.2. The lowest BCUT2D eigenvalue weighted by Crippen LogP contribution is -2.41. The van der Waals surface area contributed by atoms with Gasteiger partial charge in [-0.05, 0) is 23.8 Å². The van der Waals surface area contributed by atoms with Gasteiger partial charge >= 0.3 is 0 Å². The number of nitrogens with zero attached hydrogens (tertiary/aromatic N) is 1. The zero-order valence-electron chi connectivity index (χ0n) is 12.6. The van der Waals surface area contributed by atoms with Crippen LogP contribution in [0.3, 0.4) is 0 Å². The van der Waals surface area contributed by atoms with Crippen LogP contribution in [-0.4, -0.2) is 55.5 Å². The molecule has 0 atom stereocenters. The van der Waals surface area contributed by atoms with Gasteiger partial charge in [0.15, 0.2) is 0 Å². The highest BCUT2D eigenvalue weighted by molar-refractivity contribution is 7.99. The molecule has 8 heteroatoms. The summed E-state index contributed by atoms with van der Waals surface area (Å²) in [4.78, 5) is 11.7. The van der Waals surface area contributed by atoms with E-state index in [4.69, 9.17) is 0 Å². The molecule has 0 unspecified atom stereocenters. The summed E-state index contributed by atoms with van der Waals surface area (Å²) >= 11 is 1.74. The summed E-state index contributed by atoms with van der Waals surface area (Å²) in [5.74, 6) is 0.721. The van der Waals surface area contributed by atoms with Crippen molar-refractivity contribution in [3.8, 4) is 0 Å². The van der Waals surface area contributed by atoms with Crippen LogP contribution < -0.4 is 5.32 Å². The van der Waals surface area contributed by atoms with Gasteiger partial charge in [0.05, 0.1) is 5.75 Å². The van der Waals surface area contributed by atoms with Gasteiger partial charge in [0.2, 0.25) is 15.9 Å². The maximum absolute atomic E-state index is 13.0. The van der Waals surface area contributed by atoms with E-state index in [1.165, 1.54) is 28.6 Å². The number of thioether (sulfide) groups is 1. The molecule has 1 amide bonds. The van der Waals surface area contributed by atoms with E-state index in [1.54, 1.807) is 23.9 Å². The summed E-state index contributed by atoms with van der Waals surface area (Å²) in [7, 11) is -3.32. The zero-order chi connectivity index (χ0) is 16.7. The third-order valence-electron chi connectivity index (χ3n) is 3.30. The van der Waals surface area contributed by atoms with E-state index in [9.17, 15) is 17.6 Å². The minimum atomic E-state index is -3.32. The molecule has 23 heavy (non-hydrogen) atoms. The van der Waals surface area contributed by atoms with Crippen molar-refractivity contribution < 1.29 is 17.6 Å². The molecule has 126 valence electrons. The molecule has 0 aliphatic carbocycles. The maximum atomic E-state index is 13.0. The third kappa shape index (κ3) is 5.96. The van der Waals surface area contributed by atoms with Crippen molar-refractivity contribution in [1.29, 1.82) is 0 Å². The van der Waals surface area contributed by atoms with Crippen LogP contribution in [0.2, 0.25) is 0 Å². The Morgan fingerprint density at radius 1 is 1.35 bits per heavy atom. The average Bonchev–Trinajstić information content (AvgIpc) is 2.54. The molecule has 0 saturated carbocycles. The molecule has 1 fully saturated rings. The van der Waals surface area contributed by atoms with Crippen molar-refractivity contribution in [3.05, 3.63) is 41.7 Å². The minimum absolute atomic E-state index is 0.0539. The van der Waals surface area contributed by atoms with Gasteiger partial charge in [0, 0.05) is 37.2 Å². The van der Waals surface area contributed by atoms with Crippen LogP contribution in [0.5, 0.6) is 0 Å². The molecule has 5 nitrogen and oxygen atoms in total. The van der Waals surface area contributed by atoms with Gasteiger partial charge in [0.25, 0.3) is 0 Å². The Morgan fingerprint density at radius 3 is 2.78 bits per heavy atom. The SMILES string of the molecule is O=C(C=Cc1cccc(F)c1)NCCS(=O)(=O)N1CCSCC1. The van der Waals surface area contributed by atoms with E-state index in [0.29, 0.717) is 18.7 Å². The third-order valence-corrected chi connectivity index (χ3v) is 6.11. The maximum Gasteiger partial charge on any atom is 0.244 e. The number of carbonyl (C=O) groups excluding carboxylic acids is 1. The van der Waals surface area contributed by atoms with E-state index < -0.39 is 15.9 Å². The molecule has 0 bridgehead atoms. The smallest absolute Gasteiger partial charge is 0.244 e. The Balaban J connectivity index is 1.78. The molecule has 1 aromatic carbocycles. The standard InChI is InChI=1S/C15H19FN2O3S2/c16-14-3-1-2-13(12-14)4-5-15(19)17-6-11-23(20,21)18-7-9-22-10-8-18/h1-5,12H,6-11H2,(H,17,19). The van der Waals surface area contributed by atoms with Crippen LogP contribution in [0, 0.1) is 5.82 Å². The number of carbonyl (C=O) groups is 1. The number of benzene rings is 1. The Hall–Kier alpha value is -1.38. The van der Waals surface area contributed by atoms with Crippen molar-refractivity contribution in [3.63, 3.8) is 0 Å². The summed E-state index contributed by atoms with van der Waals surface area (Å²) in [5.41, 5.74) is 0.568. The fourth-order valence-corrected chi connectivity index (χ4v) is 4.59. The fourth-order valence-electron chi connectivity index (χ4n) is 2.10. The topological polar surface area (TPSA) is 66.5 Å². The Kier molecular flexibility index (Phi) is 6.61. The monoisotopic (exact) mass is 358 g/mol. The predicted molar refractivity (Wildman–Crippen MR) is 91.1 cm³/mol. The first-order valence-corrected chi connectivity index (χ1v) is 10.0. The van der Waals surface area contributed by atoms with Gasteiger partial charge in [0.1, 0.15) is 5.82 Å². The molecule has 0 radical (unpaired) electrons. The average molecular weight is 358 g/mol. The number of sulfonamides is 1. The molecule has 1 aliphatic heterocycles. The first kappa shape index (κ1) is 18.0. The molecule has 1 aliphatic rings. The van der Waals surface area contributed by atoms with Crippen LogP contribution >= 0.6 is 11.8 Å². The zero-order valence-corrected chi connectivity index (χ0v) is 14.2. The molecular formula is C15H19FN2O3S2. The number of nitrogens with one attached hydrogen (secondary N) is 1. The highest BCUT2D eigenvalue weighted by Gasteiger charge is 2.23. The van der Waals surface area contributed by atoms with Gasteiger partial charge in [-0.15, -0.1) is 0 Å². The minimum Gasteiger partial charge on any atom is -0.351 e. The van der Waals surface area contributed by atoms with Gasteiger partial charge < -0.3 is 5.32 Å². The van der Waals surface area contributed by atoms with E-state index in [0.717, 1.165) is 11.5 Å². The molecule has 1 N–H and O–H groups in total. The number of halogens is 1. The largest absolute Gasteiger partial charge is 0.351 e. The summed E-state index contributed by atoms with van der Waals surface area (Å²) in [6.45, 7) is 1.11. The second kappa shape index (κ2) is 8.47. The summed E-state index contributed by atoms with van der Waals surface area (Å²) in [6.07, 6.45) is 2.74. The number of amides is 1. The number of hydrogen-bond acceptors (Lipinski definition) is 4. The van der Waals surface area contributed by atoms with Gasteiger partial charge in [-0.1, -0.05) is 12.1 Å². The summed E-state index contributed by atoms with van der Waals surface area (Å²) < 4.78 is 38.6. The molecule has 1 heterocycles. The lowest BCUT2D eigenvalue weighted by molar-refractivity contribution is -0.116. The van der Waals surface area contributed by atoms with E-state index in [-0.39, 0.29) is 18.1 Å². The first-order valence-electron chi connectivity index (χ1n) is 7.24. The summed E-state index contributed by atoms with van der Waals surface area (Å²) in [5, 5.41) is 2.53. The van der Waals surface area contributed by atoms with Crippen molar-refractivity contribution in [2.45, 2.75) is 0 Å². The van der Waals surface area contributed by atoms with Gasteiger partial charge in [-0.3, -0.25) is 4.79 Å². The van der Waals surface area contributed by atoms with E-state index in [1.807, 2.05) is 0 Å². The second-order valence-corrected chi connectivity index (χ2v) is 8.32. The van der Waals surface area contributed by atoms with Gasteiger partial charge in [-0.25, -0.2) is 17.1 Å². The quantitative estimate of drug-likeness (QED) is 0.779. The molecule has 2 rings (SSSR count). The van der Waals surface area contributed by atoms with Gasteiger partial charge in [-0.2, -0.15) is 11.8 Å². The first-order chi connectivity index (χ1) is 11.0. The van der Waals surface area contributed by atoms with Crippen LogP contribution in [0.4, 0.5) is 4.39 Å². The fraction of sp³-hybridized carbons (Fsp3) is 0.400. The van der Waals surface area contributed by atoms with Crippen molar-refractivity contribution in [2.24, 2.45) is 0 Å².